The highest BCUT2D eigenvalue weighted by molar-refractivity contribution is 6.61. The molecule has 0 bridgehead atoms. The van der Waals surface area contributed by atoms with E-state index in [4.69, 9.17) is 25.6 Å². The van der Waals surface area contributed by atoms with E-state index in [0.29, 0.717) is 5.28 Å². The summed E-state index contributed by atoms with van der Waals surface area (Å²) in [4.78, 5) is 4.22. The van der Waals surface area contributed by atoms with Gasteiger partial charge < -0.3 is 14.0 Å². The third-order valence-electron chi connectivity index (χ3n) is 4.72. The molecule has 7 heteroatoms. The Balaban J connectivity index is 1.90. The first kappa shape index (κ1) is 15.3. The van der Waals surface area contributed by atoms with Gasteiger partial charge in [0.05, 0.1) is 16.8 Å². The Bertz CT molecular complexity index is 510. The molecule has 0 spiro atoms. The zero-order valence-electron chi connectivity index (χ0n) is 13.1. The van der Waals surface area contributed by atoms with Crippen molar-refractivity contribution in [3.05, 3.63) is 11.5 Å². The van der Waals surface area contributed by atoms with Crippen molar-refractivity contribution in [2.75, 3.05) is 6.61 Å². The lowest BCUT2D eigenvalue weighted by molar-refractivity contribution is -0.0305. The van der Waals surface area contributed by atoms with E-state index in [1.807, 2.05) is 32.3 Å². The summed E-state index contributed by atoms with van der Waals surface area (Å²) >= 11 is 6.26. The van der Waals surface area contributed by atoms with E-state index in [9.17, 15) is 0 Å². The van der Waals surface area contributed by atoms with Crippen LogP contribution in [0.1, 0.15) is 53.2 Å². The van der Waals surface area contributed by atoms with E-state index in [0.717, 1.165) is 31.5 Å². The van der Waals surface area contributed by atoms with Crippen LogP contribution in [-0.2, 0) is 14.0 Å². The van der Waals surface area contributed by atoms with Crippen molar-refractivity contribution in [3.63, 3.8) is 0 Å². The molecular formula is C14H22BClN2O3. The molecule has 0 saturated carbocycles. The largest absolute Gasteiger partial charge is 0.514 e. The van der Waals surface area contributed by atoms with Gasteiger partial charge in [0.25, 0.3) is 0 Å². The number of nitrogens with zero attached hydrogens (tertiary/aromatic N) is 2. The number of halogens is 1. The van der Waals surface area contributed by atoms with Gasteiger partial charge in [-0.2, -0.15) is 0 Å². The Kier molecular flexibility index (Phi) is 3.85. The number of hydrogen-bond acceptors (Lipinski definition) is 4. The smallest absolute Gasteiger partial charge is 0.398 e. The van der Waals surface area contributed by atoms with Crippen LogP contribution in [0.5, 0.6) is 0 Å². The summed E-state index contributed by atoms with van der Waals surface area (Å²) in [5.74, 6) is 0. The summed E-state index contributed by atoms with van der Waals surface area (Å²) in [7, 11) is -0.472. The average molecular weight is 313 g/mol. The minimum atomic E-state index is -0.472. The maximum atomic E-state index is 6.26. The Labute approximate surface area is 131 Å². The van der Waals surface area contributed by atoms with Crippen LogP contribution in [0, 0.1) is 0 Å². The maximum Gasteiger partial charge on any atom is 0.514 e. The van der Waals surface area contributed by atoms with Gasteiger partial charge in [0.2, 0.25) is 5.28 Å². The highest BCUT2D eigenvalue weighted by Crippen LogP contribution is 2.37. The molecule has 0 aromatic carbocycles. The number of aromatic nitrogens is 2. The van der Waals surface area contributed by atoms with Gasteiger partial charge in [-0.05, 0) is 58.6 Å². The Morgan fingerprint density at radius 3 is 2.48 bits per heavy atom. The van der Waals surface area contributed by atoms with E-state index < -0.39 is 7.12 Å². The molecule has 2 saturated heterocycles. The fourth-order valence-electron chi connectivity index (χ4n) is 2.70. The van der Waals surface area contributed by atoms with Gasteiger partial charge in [-0.15, -0.1) is 0 Å². The van der Waals surface area contributed by atoms with Gasteiger partial charge in [0, 0.05) is 12.8 Å². The summed E-state index contributed by atoms with van der Waals surface area (Å²) in [6.45, 7) is 8.89. The van der Waals surface area contributed by atoms with Crippen LogP contribution in [0.3, 0.4) is 0 Å². The minimum absolute atomic E-state index is 0.0808. The molecule has 0 amide bonds. The van der Waals surface area contributed by atoms with Crippen molar-refractivity contribution < 1.29 is 14.0 Å². The van der Waals surface area contributed by atoms with E-state index in [1.165, 1.54) is 0 Å². The molecule has 1 aromatic rings. The van der Waals surface area contributed by atoms with Gasteiger partial charge in [-0.1, -0.05) is 0 Å². The quantitative estimate of drug-likeness (QED) is 0.787. The van der Waals surface area contributed by atoms with Crippen LogP contribution in [0.4, 0.5) is 0 Å². The summed E-state index contributed by atoms with van der Waals surface area (Å²) in [5, 5.41) is 0.423. The van der Waals surface area contributed by atoms with Crippen LogP contribution in [-0.4, -0.2) is 34.5 Å². The number of rotatable bonds is 2. The zero-order valence-corrected chi connectivity index (χ0v) is 13.8. The summed E-state index contributed by atoms with van der Waals surface area (Å²) < 4.78 is 19.9. The van der Waals surface area contributed by atoms with E-state index in [-0.39, 0.29) is 17.4 Å². The molecule has 3 heterocycles. The van der Waals surface area contributed by atoms with Gasteiger partial charge in [-0.25, -0.2) is 4.98 Å². The lowest BCUT2D eigenvalue weighted by Crippen LogP contribution is -2.41. The molecular weight excluding hydrogens is 290 g/mol. The number of imidazole rings is 1. The first-order chi connectivity index (χ1) is 9.82. The summed E-state index contributed by atoms with van der Waals surface area (Å²) in [6.07, 6.45) is 4.80. The highest BCUT2D eigenvalue weighted by atomic mass is 35.5. The second-order valence-electron chi connectivity index (χ2n) is 6.73. The van der Waals surface area contributed by atoms with Crippen molar-refractivity contribution in [1.29, 1.82) is 0 Å². The van der Waals surface area contributed by atoms with Gasteiger partial charge >= 0.3 is 7.12 Å². The van der Waals surface area contributed by atoms with Crippen molar-refractivity contribution in [2.24, 2.45) is 0 Å². The Hall–Kier alpha value is -0.555. The first-order valence-corrected chi connectivity index (χ1v) is 7.89. The SMILES string of the molecule is CC1(C)OB(c2cnc(Cl)n2C2CCCCO2)OC1(C)C. The lowest BCUT2D eigenvalue weighted by Gasteiger charge is -2.32. The van der Waals surface area contributed by atoms with Crippen molar-refractivity contribution in [3.8, 4) is 0 Å². The zero-order chi connectivity index (χ0) is 15.3. The molecule has 1 aromatic heterocycles. The number of hydrogen-bond donors (Lipinski definition) is 0. The molecule has 2 aliphatic rings. The average Bonchev–Trinajstić information content (AvgIpc) is 2.89. The molecule has 2 aliphatic heterocycles. The van der Waals surface area contributed by atoms with Crippen LogP contribution >= 0.6 is 11.6 Å². The van der Waals surface area contributed by atoms with Crippen molar-refractivity contribution in [2.45, 2.75) is 64.4 Å². The third kappa shape index (κ3) is 2.63. The predicted octanol–water partition coefficient (Wildman–Crippen LogP) is 2.53. The molecule has 0 aliphatic carbocycles. The fraction of sp³-hybridized carbons (Fsp3) is 0.786. The Morgan fingerprint density at radius 2 is 1.90 bits per heavy atom. The number of ether oxygens (including phenoxy) is 1. The lowest BCUT2D eigenvalue weighted by atomic mass is 9.85. The second kappa shape index (κ2) is 5.27. The minimum Gasteiger partial charge on any atom is -0.398 e. The monoisotopic (exact) mass is 312 g/mol. The normalized spacial score (nSPS) is 28.0. The fourth-order valence-corrected chi connectivity index (χ4v) is 2.96. The van der Waals surface area contributed by atoms with E-state index >= 15 is 0 Å². The third-order valence-corrected chi connectivity index (χ3v) is 5.00. The standard InChI is InChI=1S/C14H22BClN2O3/c1-13(2)14(3,4)21-15(20-13)10-9-17-12(16)18(10)11-7-5-6-8-19-11/h9,11H,5-8H2,1-4H3. The van der Waals surface area contributed by atoms with Crippen LogP contribution in [0.15, 0.2) is 6.20 Å². The van der Waals surface area contributed by atoms with Crippen LogP contribution in [0.2, 0.25) is 5.28 Å². The van der Waals surface area contributed by atoms with Crippen molar-refractivity contribution >= 4 is 24.3 Å². The van der Waals surface area contributed by atoms with Crippen LogP contribution < -0.4 is 5.59 Å². The Morgan fingerprint density at radius 1 is 1.24 bits per heavy atom. The van der Waals surface area contributed by atoms with E-state index in [1.54, 1.807) is 6.20 Å². The highest BCUT2D eigenvalue weighted by Gasteiger charge is 2.53. The molecule has 2 fully saturated rings. The topological polar surface area (TPSA) is 45.5 Å². The van der Waals surface area contributed by atoms with Gasteiger partial charge in [-0.3, -0.25) is 4.57 Å². The second-order valence-corrected chi connectivity index (χ2v) is 7.07. The molecule has 1 unspecified atom stereocenters. The van der Waals surface area contributed by atoms with Gasteiger partial charge in [0.15, 0.2) is 0 Å². The van der Waals surface area contributed by atoms with Crippen LogP contribution in [0.25, 0.3) is 0 Å². The molecule has 5 nitrogen and oxygen atoms in total. The van der Waals surface area contributed by atoms with Crippen molar-refractivity contribution in [1.82, 2.24) is 9.55 Å². The summed E-state index contributed by atoms with van der Waals surface area (Å²) in [5.41, 5.74) is 0.0600. The molecule has 0 N–H and O–H groups in total. The molecule has 116 valence electrons. The molecule has 0 radical (unpaired) electrons. The molecule has 21 heavy (non-hydrogen) atoms. The molecule has 1 atom stereocenters. The summed E-state index contributed by atoms with van der Waals surface area (Å²) in [6, 6.07) is 0. The van der Waals surface area contributed by atoms with Gasteiger partial charge in [0.1, 0.15) is 6.23 Å². The molecule has 3 rings (SSSR count). The maximum absolute atomic E-state index is 6.26. The van der Waals surface area contributed by atoms with E-state index in [2.05, 4.69) is 4.98 Å². The predicted molar refractivity (Wildman–Crippen MR) is 81.8 cm³/mol. The first-order valence-electron chi connectivity index (χ1n) is 7.52.